The van der Waals surface area contributed by atoms with Gasteiger partial charge < -0.3 is 14.8 Å². The van der Waals surface area contributed by atoms with Crippen molar-refractivity contribution in [1.29, 1.82) is 0 Å². The van der Waals surface area contributed by atoms with Crippen molar-refractivity contribution in [2.75, 3.05) is 19.8 Å². The van der Waals surface area contributed by atoms with Gasteiger partial charge in [-0.25, -0.2) is 0 Å². The first-order valence-electron chi connectivity index (χ1n) is 9.32. The quantitative estimate of drug-likeness (QED) is 0.654. The predicted molar refractivity (Wildman–Crippen MR) is 105 cm³/mol. The van der Waals surface area contributed by atoms with Crippen LogP contribution in [0.1, 0.15) is 25.0 Å². The number of rotatable bonds is 10. The molecule has 1 unspecified atom stereocenters. The molecular formula is C22H27NO4. The van der Waals surface area contributed by atoms with Gasteiger partial charge in [-0.05, 0) is 37.0 Å². The Morgan fingerprint density at radius 1 is 1.00 bits per heavy atom. The van der Waals surface area contributed by atoms with Crippen LogP contribution in [0.25, 0.3) is 0 Å². The molecule has 5 nitrogen and oxygen atoms in total. The Morgan fingerprint density at radius 3 is 2.41 bits per heavy atom. The molecule has 0 fully saturated rings. The summed E-state index contributed by atoms with van der Waals surface area (Å²) in [6.45, 7) is 4.25. The summed E-state index contributed by atoms with van der Waals surface area (Å²) in [4.78, 5) is 24.4. The van der Waals surface area contributed by atoms with Crippen molar-refractivity contribution < 1.29 is 19.1 Å². The van der Waals surface area contributed by atoms with E-state index in [9.17, 15) is 9.59 Å². The SMILES string of the molecule is CCOC(=O)C(CNC(=O)COc1ccccc1CC)Cc1ccccc1. The van der Waals surface area contributed by atoms with Crippen LogP contribution in [0, 0.1) is 5.92 Å². The Morgan fingerprint density at radius 2 is 1.70 bits per heavy atom. The summed E-state index contributed by atoms with van der Waals surface area (Å²) in [7, 11) is 0. The number of aryl methyl sites for hydroxylation is 1. The second-order valence-electron chi connectivity index (χ2n) is 6.19. The van der Waals surface area contributed by atoms with Crippen molar-refractivity contribution in [3.05, 3.63) is 65.7 Å². The highest BCUT2D eigenvalue weighted by Gasteiger charge is 2.21. The lowest BCUT2D eigenvalue weighted by atomic mass is 9.99. The molecule has 2 aromatic carbocycles. The molecule has 0 aliphatic heterocycles. The number of ether oxygens (including phenoxy) is 2. The molecule has 0 aromatic heterocycles. The predicted octanol–water partition coefficient (Wildman–Crippen LogP) is 3.17. The number of benzene rings is 2. The lowest BCUT2D eigenvalue weighted by Crippen LogP contribution is -2.37. The lowest BCUT2D eigenvalue weighted by Gasteiger charge is -2.17. The third-order valence-corrected chi connectivity index (χ3v) is 4.20. The van der Waals surface area contributed by atoms with Crippen LogP contribution < -0.4 is 10.1 Å². The van der Waals surface area contributed by atoms with E-state index in [4.69, 9.17) is 9.47 Å². The number of hydrogen-bond acceptors (Lipinski definition) is 4. The zero-order valence-electron chi connectivity index (χ0n) is 15.9. The summed E-state index contributed by atoms with van der Waals surface area (Å²) >= 11 is 0. The maximum Gasteiger partial charge on any atom is 0.311 e. The Hall–Kier alpha value is -2.82. The number of hydrogen-bond donors (Lipinski definition) is 1. The molecule has 0 bridgehead atoms. The number of nitrogens with one attached hydrogen (secondary N) is 1. The maximum atomic E-state index is 12.2. The summed E-state index contributed by atoms with van der Waals surface area (Å²) in [5.41, 5.74) is 2.08. The van der Waals surface area contributed by atoms with E-state index in [-0.39, 0.29) is 25.0 Å². The molecular weight excluding hydrogens is 342 g/mol. The van der Waals surface area contributed by atoms with Crippen LogP contribution in [0.15, 0.2) is 54.6 Å². The number of para-hydroxylation sites is 1. The van der Waals surface area contributed by atoms with Crippen molar-refractivity contribution in [3.63, 3.8) is 0 Å². The van der Waals surface area contributed by atoms with E-state index in [2.05, 4.69) is 5.32 Å². The van der Waals surface area contributed by atoms with Crippen LogP contribution in [0.2, 0.25) is 0 Å². The third-order valence-electron chi connectivity index (χ3n) is 4.20. The van der Waals surface area contributed by atoms with Gasteiger partial charge >= 0.3 is 5.97 Å². The fourth-order valence-electron chi connectivity index (χ4n) is 2.77. The maximum absolute atomic E-state index is 12.2. The fourth-order valence-corrected chi connectivity index (χ4v) is 2.77. The minimum atomic E-state index is -0.431. The molecule has 2 aromatic rings. The number of amides is 1. The van der Waals surface area contributed by atoms with Gasteiger partial charge in [-0.1, -0.05) is 55.5 Å². The van der Waals surface area contributed by atoms with Crippen molar-refractivity contribution >= 4 is 11.9 Å². The van der Waals surface area contributed by atoms with Gasteiger partial charge in [0.2, 0.25) is 0 Å². The first-order chi connectivity index (χ1) is 13.1. The highest BCUT2D eigenvalue weighted by atomic mass is 16.5. The first kappa shape index (κ1) is 20.5. The first-order valence-corrected chi connectivity index (χ1v) is 9.32. The molecule has 1 N–H and O–H groups in total. The molecule has 0 spiro atoms. The smallest absolute Gasteiger partial charge is 0.311 e. The summed E-state index contributed by atoms with van der Waals surface area (Å²) in [5, 5.41) is 2.79. The summed E-state index contributed by atoms with van der Waals surface area (Å²) in [5.74, 6) is -0.289. The van der Waals surface area contributed by atoms with Crippen LogP contribution in [0.3, 0.4) is 0 Å². The van der Waals surface area contributed by atoms with Gasteiger partial charge in [0.05, 0.1) is 12.5 Å². The highest BCUT2D eigenvalue weighted by molar-refractivity contribution is 5.79. The van der Waals surface area contributed by atoms with Crippen LogP contribution in [-0.4, -0.2) is 31.6 Å². The summed E-state index contributed by atoms with van der Waals surface area (Å²) in [6, 6.07) is 17.3. The largest absolute Gasteiger partial charge is 0.483 e. The number of esters is 1. The van der Waals surface area contributed by atoms with Crippen molar-refractivity contribution in [2.24, 2.45) is 5.92 Å². The molecule has 1 atom stereocenters. The van der Waals surface area contributed by atoms with E-state index < -0.39 is 5.92 Å². The van der Waals surface area contributed by atoms with Gasteiger partial charge in [0.15, 0.2) is 6.61 Å². The van der Waals surface area contributed by atoms with Crippen LogP contribution >= 0.6 is 0 Å². The van der Waals surface area contributed by atoms with E-state index in [1.807, 2.05) is 61.5 Å². The van der Waals surface area contributed by atoms with Crippen LogP contribution in [0.5, 0.6) is 5.75 Å². The molecule has 0 aliphatic rings. The Kier molecular flexibility index (Phi) is 8.36. The second kappa shape index (κ2) is 11.0. The van der Waals surface area contributed by atoms with Gasteiger partial charge in [0.1, 0.15) is 5.75 Å². The third kappa shape index (κ3) is 6.77. The number of carbonyl (C=O) groups excluding carboxylic acids is 2. The molecule has 144 valence electrons. The standard InChI is InChI=1S/C22H27NO4/c1-3-18-12-8-9-13-20(18)27-16-21(24)23-15-19(22(25)26-4-2)14-17-10-6-5-7-11-17/h5-13,19H,3-4,14-16H2,1-2H3,(H,23,24). The minimum Gasteiger partial charge on any atom is -0.483 e. The average molecular weight is 369 g/mol. The fraction of sp³-hybridized carbons (Fsp3) is 0.364. The zero-order valence-corrected chi connectivity index (χ0v) is 15.9. The monoisotopic (exact) mass is 369 g/mol. The minimum absolute atomic E-state index is 0.0854. The molecule has 0 heterocycles. The molecule has 0 saturated heterocycles. The van der Waals surface area contributed by atoms with E-state index in [1.54, 1.807) is 6.92 Å². The van der Waals surface area contributed by atoms with Gasteiger partial charge in [-0.15, -0.1) is 0 Å². The van der Waals surface area contributed by atoms with Gasteiger partial charge in [0, 0.05) is 6.54 Å². The molecule has 1 amide bonds. The average Bonchev–Trinajstić information content (AvgIpc) is 2.70. The topological polar surface area (TPSA) is 64.6 Å². The van der Waals surface area contributed by atoms with Crippen molar-refractivity contribution in [1.82, 2.24) is 5.32 Å². The van der Waals surface area contributed by atoms with E-state index in [0.29, 0.717) is 18.8 Å². The van der Waals surface area contributed by atoms with Gasteiger partial charge in [0.25, 0.3) is 5.91 Å². The normalized spacial score (nSPS) is 11.5. The zero-order chi connectivity index (χ0) is 19.5. The lowest BCUT2D eigenvalue weighted by molar-refractivity contribution is -0.147. The molecule has 2 rings (SSSR count). The molecule has 27 heavy (non-hydrogen) atoms. The Balaban J connectivity index is 1.89. The van der Waals surface area contributed by atoms with Crippen molar-refractivity contribution in [3.8, 4) is 5.75 Å². The van der Waals surface area contributed by atoms with Gasteiger partial charge in [-0.2, -0.15) is 0 Å². The Labute approximate surface area is 160 Å². The molecule has 0 aliphatic carbocycles. The van der Waals surface area contributed by atoms with E-state index in [0.717, 1.165) is 17.5 Å². The van der Waals surface area contributed by atoms with E-state index >= 15 is 0 Å². The van der Waals surface area contributed by atoms with Crippen molar-refractivity contribution in [2.45, 2.75) is 26.7 Å². The van der Waals surface area contributed by atoms with Crippen LogP contribution in [0.4, 0.5) is 0 Å². The summed E-state index contributed by atoms with van der Waals surface area (Å²) in [6.07, 6.45) is 1.35. The highest BCUT2D eigenvalue weighted by Crippen LogP contribution is 2.18. The summed E-state index contributed by atoms with van der Waals surface area (Å²) < 4.78 is 10.8. The van der Waals surface area contributed by atoms with E-state index in [1.165, 1.54) is 0 Å². The number of carbonyl (C=O) groups is 2. The molecule has 0 saturated carbocycles. The molecule has 0 radical (unpaired) electrons. The molecule has 5 heteroatoms. The van der Waals surface area contributed by atoms with Crippen LogP contribution in [-0.2, 0) is 27.2 Å². The Bertz CT molecular complexity index is 730. The second-order valence-corrected chi connectivity index (χ2v) is 6.19. The van der Waals surface area contributed by atoms with Gasteiger partial charge in [-0.3, -0.25) is 9.59 Å².